The maximum absolute atomic E-state index is 9.58. The summed E-state index contributed by atoms with van der Waals surface area (Å²) in [5.74, 6) is 0.384. The van der Waals surface area contributed by atoms with E-state index in [4.69, 9.17) is 4.74 Å². The van der Waals surface area contributed by atoms with Crippen molar-refractivity contribution in [1.82, 2.24) is 4.98 Å². The summed E-state index contributed by atoms with van der Waals surface area (Å²) in [6.45, 7) is 2.29. The number of hydrogen-bond acceptors (Lipinski definition) is 3. The fourth-order valence-electron chi connectivity index (χ4n) is 2.43. The van der Waals surface area contributed by atoms with E-state index in [-0.39, 0.29) is 0 Å². The lowest BCUT2D eigenvalue weighted by atomic mass is 10.0. The van der Waals surface area contributed by atoms with Gasteiger partial charge in [0.25, 0.3) is 0 Å². The van der Waals surface area contributed by atoms with Crippen molar-refractivity contribution in [3.05, 3.63) is 83.6 Å². The molecule has 0 aliphatic rings. The molecule has 0 saturated carbocycles. The van der Waals surface area contributed by atoms with Crippen LogP contribution in [0.3, 0.4) is 0 Å². The van der Waals surface area contributed by atoms with E-state index in [9.17, 15) is 5.26 Å². The summed E-state index contributed by atoms with van der Waals surface area (Å²) < 4.78 is 5.82. The van der Waals surface area contributed by atoms with Gasteiger partial charge in [0.15, 0.2) is 0 Å². The SMILES string of the molecule is Cc1cc(-c2ccccc2)c(C#N)c(OCc2ccccc2)n1. The highest BCUT2D eigenvalue weighted by Gasteiger charge is 2.14. The first-order valence-corrected chi connectivity index (χ1v) is 7.42. The summed E-state index contributed by atoms with van der Waals surface area (Å²) in [5.41, 5.74) is 4.17. The van der Waals surface area contributed by atoms with Crippen LogP contribution in [-0.2, 0) is 6.61 Å². The first-order chi connectivity index (χ1) is 11.3. The minimum absolute atomic E-state index is 0.384. The molecule has 3 rings (SSSR count). The predicted molar refractivity (Wildman–Crippen MR) is 89.9 cm³/mol. The summed E-state index contributed by atoms with van der Waals surface area (Å²) in [6.07, 6.45) is 0. The first-order valence-electron chi connectivity index (χ1n) is 7.42. The smallest absolute Gasteiger partial charge is 0.232 e. The van der Waals surface area contributed by atoms with Gasteiger partial charge in [-0.3, -0.25) is 0 Å². The molecule has 0 radical (unpaired) electrons. The van der Waals surface area contributed by atoms with Crippen LogP contribution in [0.2, 0.25) is 0 Å². The van der Waals surface area contributed by atoms with Gasteiger partial charge in [-0.05, 0) is 24.1 Å². The fourth-order valence-corrected chi connectivity index (χ4v) is 2.43. The summed E-state index contributed by atoms with van der Waals surface area (Å²) in [7, 11) is 0. The van der Waals surface area contributed by atoms with Gasteiger partial charge in [0.2, 0.25) is 5.88 Å². The van der Waals surface area contributed by atoms with E-state index in [1.165, 1.54) is 0 Å². The molecule has 3 aromatic rings. The Labute approximate surface area is 135 Å². The molecule has 23 heavy (non-hydrogen) atoms. The van der Waals surface area contributed by atoms with E-state index in [1.54, 1.807) is 0 Å². The highest BCUT2D eigenvalue weighted by Crippen LogP contribution is 2.30. The monoisotopic (exact) mass is 300 g/mol. The van der Waals surface area contributed by atoms with E-state index in [2.05, 4.69) is 11.1 Å². The zero-order valence-corrected chi connectivity index (χ0v) is 12.9. The number of rotatable bonds is 4. The van der Waals surface area contributed by atoms with Gasteiger partial charge >= 0.3 is 0 Å². The van der Waals surface area contributed by atoms with Crippen LogP contribution in [0, 0.1) is 18.3 Å². The van der Waals surface area contributed by atoms with E-state index in [0.717, 1.165) is 22.4 Å². The second-order valence-corrected chi connectivity index (χ2v) is 5.24. The molecule has 0 spiro atoms. The normalized spacial score (nSPS) is 10.1. The van der Waals surface area contributed by atoms with Crippen molar-refractivity contribution in [3.8, 4) is 23.1 Å². The molecule has 0 atom stereocenters. The van der Waals surface area contributed by atoms with Crippen molar-refractivity contribution in [1.29, 1.82) is 5.26 Å². The molecule has 0 bridgehead atoms. The molecule has 112 valence electrons. The second kappa shape index (κ2) is 6.76. The average molecular weight is 300 g/mol. The van der Waals surface area contributed by atoms with Crippen LogP contribution in [0.1, 0.15) is 16.8 Å². The van der Waals surface area contributed by atoms with Gasteiger partial charge in [-0.1, -0.05) is 60.7 Å². The predicted octanol–water partition coefficient (Wildman–Crippen LogP) is 4.51. The van der Waals surface area contributed by atoms with Crippen molar-refractivity contribution in [3.63, 3.8) is 0 Å². The summed E-state index contributed by atoms with van der Waals surface area (Å²) in [6, 6.07) is 23.8. The lowest BCUT2D eigenvalue weighted by Crippen LogP contribution is -2.02. The van der Waals surface area contributed by atoms with Crippen molar-refractivity contribution in [2.24, 2.45) is 0 Å². The van der Waals surface area contributed by atoms with Gasteiger partial charge in [-0.15, -0.1) is 0 Å². The van der Waals surface area contributed by atoms with E-state index >= 15 is 0 Å². The third kappa shape index (κ3) is 3.38. The number of ether oxygens (including phenoxy) is 1. The van der Waals surface area contributed by atoms with Gasteiger partial charge in [0, 0.05) is 11.3 Å². The van der Waals surface area contributed by atoms with Gasteiger partial charge in [0.05, 0.1) is 0 Å². The standard InChI is InChI=1S/C20H16N2O/c1-15-12-18(17-10-6-3-7-11-17)19(13-21)20(22-15)23-14-16-8-4-2-5-9-16/h2-12H,14H2,1H3. The van der Waals surface area contributed by atoms with Crippen LogP contribution >= 0.6 is 0 Å². The lowest BCUT2D eigenvalue weighted by Gasteiger charge is -2.12. The van der Waals surface area contributed by atoms with E-state index < -0.39 is 0 Å². The molecule has 0 aliphatic carbocycles. The molecule has 0 saturated heterocycles. The van der Waals surface area contributed by atoms with E-state index in [1.807, 2.05) is 73.7 Å². The minimum atomic E-state index is 0.384. The molecule has 0 amide bonds. The number of pyridine rings is 1. The Hall–Kier alpha value is -3.12. The molecule has 1 heterocycles. The molecule has 0 N–H and O–H groups in total. The van der Waals surface area contributed by atoms with Gasteiger partial charge < -0.3 is 4.74 Å². The number of nitrogens with zero attached hydrogens (tertiary/aromatic N) is 2. The summed E-state index contributed by atoms with van der Waals surface area (Å²) >= 11 is 0. The lowest BCUT2D eigenvalue weighted by molar-refractivity contribution is 0.292. The zero-order chi connectivity index (χ0) is 16.1. The molecule has 3 heteroatoms. The minimum Gasteiger partial charge on any atom is -0.472 e. The van der Waals surface area contributed by atoms with Crippen molar-refractivity contribution in [2.75, 3.05) is 0 Å². The van der Waals surface area contributed by atoms with Crippen molar-refractivity contribution >= 4 is 0 Å². The number of aromatic nitrogens is 1. The Bertz CT molecular complexity index is 837. The van der Waals surface area contributed by atoms with Crippen LogP contribution in [0.15, 0.2) is 66.7 Å². The third-order valence-electron chi connectivity index (χ3n) is 3.53. The Morgan fingerprint density at radius 1 is 1.00 bits per heavy atom. The Balaban J connectivity index is 1.97. The molecule has 1 aromatic heterocycles. The van der Waals surface area contributed by atoms with Gasteiger partial charge in [0.1, 0.15) is 18.2 Å². The molecule has 2 aromatic carbocycles. The topological polar surface area (TPSA) is 45.9 Å². The number of hydrogen-bond donors (Lipinski definition) is 0. The third-order valence-corrected chi connectivity index (χ3v) is 3.53. The highest BCUT2D eigenvalue weighted by atomic mass is 16.5. The first kappa shape index (κ1) is 14.8. The number of benzene rings is 2. The number of nitriles is 1. The number of aryl methyl sites for hydroxylation is 1. The van der Waals surface area contributed by atoms with E-state index in [0.29, 0.717) is 18.1 Å². The molecular weight excluding hydrogens is 284 g/mol. The Kier molecular flexibility index (Phi) is 4.35. The maximum Gasteiger partial charge on any atom is 0.232 e. The fraction of sp³-hybridized carbons (Fsp3) is 0.100. The second-order valence-electron chi connectivity index (χ2n) is 5.24. The van der Waals surface area contributed by atoms with Crippen LogP contribution in [0.25, 0.3) is 11.1 Å². The van der Waals surface area contributed by atoms with Crippen molar-refractivity contribution in [2.45, 2.75) is 13.5 Å². The van der Waals surface area contributed by atoms with Crippen molar-refractivity contribution < 1.29 is 4.74 Å². The molecule has 0 fully saturated rings. The zero-order valence-electron chi connectivity index (χ0n) is 12.9. The van der Waals surface area contributed by atoms with Crippen LogP contribution in [0.4, 0.5) is 0 Å². The highest BCUT2D eigenvalue weighted by molar-refractivity contribution is 5.73. The van der Waals surface area contributed by atoms with Crippen LogP contribution in [-0.4, -0.2) is 4.98 Å². The summed E-state index contributed by atoms with van der Waals surface area (Å²) in [5, 5.41) is 9.58. The van der Waals surface area contributed by atoms with Gasteiger partial charge in [-0.2, -0.15) is 5.26 Å². The van der Waals surface area contributed by atoms with Gasteiger partial charge in [-0.25, -0.2) is 4.98 Å². The molecule has 0 unspecified atom stereocenters. The average Bonchev–Trinajstić information content (AvgIpc) is 2.61. The quantitative estimate of drug-likeness (QED) is 0.712. The Morgan fingerprint density at radius 2 is 1.65 bits per heavy atom. The summed E-state index contributed by atoms with van der Waals surface area (Å²) in [4.78, 5) is 4.40. The molecular formula is C20H16N2O. The molecule has 0 aliphatic heterocycles. The largest absolute Gasteiger partial charge is 0.472 e. The van der Waals surface area contributed by atoms with Crippen LogP contribution < -0.4 is 4.74 Å². The molecule has 3 nitrogen and oxygen atoms in total. The maximum atomic E-state index is 9.58. The Morgan fingerprint density at radius 3 is 2.30 bits per heavy atom. The van der Waals surface area contributed by atoms with Crippen LogP contribution in [0.5, 0.6) is 5.88 Å².